The monoisotopic (exact) mass is 278 g/mol. The molecule has 1 aromatic heterocycles. The Morgan fingerprint density at radius 3 is 2.65 bits per heavy atom. The second-order valence-electron chi connectivity index (χ2n) is 5.63. The number of amides is 2. The number of hydrogen-bond acceptors (Lipinski definition) is 3. The Morgan fingerprint density at radius 2 is 2.10 bits per heavy atom. The summed E-state index contributed by atoms with van der Waals surface area (Å²) in [4.78, 5) is 25.9. The maximum atomic E-state index is 12.5. The summed E-state index contributed by atoms with van der Waals surface area (Å²) in [5.41, 5.74) is 0.687. The lowest BCUT2D eigenvalue weighted by molar-refractivity contribution is -0.132. The van der Waals surface area contributed by atoms with Crippen LogP contribution in [0.1, 0.15) is 40.2 Å². The van der Waals surface area contributed by atoms with E-state index in [1.807, 2.05) is 33.9 Å². The molecule has 2 rings (SSSR count). The van der Waals surface area contributed by atoms with Gasteiger partial charge in [0.05, 0.1) is 11.9 Å². The van der Waals surface area contributed by atoms with Crippen molar-refractivity contribution in [3.05, 3.63) is 12.4 Å². The highest BCUT2D eigenvalue weighted by molar-refractivity contribution is 6.06. The van der Waals surface area contributed by atoms with Crippen LogP contribution in [-0.2, 0) is 9.59 Å². The molecule has 1 aliphatic heterocycles. The zero-order valence-electron chi connectivity index (χ0n) is 12.5. The van der Waals surface area contributed by atoms with Crippen LogP contribution < -0.4 is 10.2 Å². The normalized spacial score (nSPS) is 21.2. The number of piperazine rings is 1. The minimum Gasteiger partial charge on any atom is -0.342 e. The topological polar surface area (TPSA) is 67.2 Å². The SMILES string of the molecule is CCC(C)C1NC(=O)CN(c2cnn(C(C)C)c2)C1=O. The second-order valence-corrected chi connectivity index (χ2v) is 5.63. The van der Waals surface area contributed by atoms with Crippen LogP contribution in [0.3, 0.4) is 0 Å². The maximum absolute atomic E-state index is 12.5. The van der Waals surface area contributed by atoms with E-state index in [0.29, 0.717) is 5.69 Å². The Bertz CT molecular complexity index is 509. The van der Waals surface area contributed by atoms with Gasteiger partial charge in [0.25, 0.3) is 0 Å². The van der Waals surface area contributed by atoms with Crippen LogP contribution in [0.5, 0.6) is 0 Å². The number of nitrogens with one attached hydrogen (secondary N) is 1. The number of aromatic nitrogens is 2. The summed E-state index contributed by atoms with van der Waals surface area (Å²) in [5.74, 6) is -0.0520. The summed E-state index contributed by atoms with van der Waals surface area (Å²) in [6.07, 6.45) is 4.30. The average molecular weight is 278 g/mol. The van der Waals surface area contributed by atoms with Gasteiger partial charge in [0.2, 0.25) is 11.8 Å². The number of hydrogen-bond donors (Lipinski definition) is 1. The number of anilines is 1. The minimum absolute atomic E-state index is 0.0535. The van der Waals surface area contributed by atoms with E-state index in [0.717, 1.165) is 6.42 Å². The van der Waals surface area contributed by atoms with Gasteiger partial charge in [-0.3, -0.25) is 19.2 Å². The van der Waals surface area contributed by atoms with Crippen molar-refractivity contribution in [1.29, 1.82) is 0 Å². The molecule has 2 unspecified atom stereocenters. The van der Waals surface area contributed by atoms with E-state index in [2.05, 4.69) is 10.4 Å². The highest BCUT2D eigenvalue weighted by atomic mass is 16.2. The van der Waals surface area contributed by atoms with Crippen LogP contribution in [0.2, 0.25) is 0 Å². The van der Waals surface area contributed by atoms with Gasteiger partial charge in [-0.2, -0.15) is 5.10 Å². The molecule has 6 nitrogen and oxygen atoms in total. The van der Waals surface area contributed by atoms with E-state index < -0.39 is 6.04 Å². The molecule has 6 heteroatoms. The van der Waals surface area contributed by atoms with Gasteiger partial charge in [-0.25, -0.2) is 0 Å². The van der Waals surface area contributed by atoms with E-state index in [4.69, 9.17) is 0 Å². The third-order valence-electron chi connectivity index (χ3n) is 3.79. The van der Waals surface area contributed by atoms with E-state index in [-0.39, 0.29) is 30.3 Å². The molecule has 2 amide bonds. The lowest BCUT2D eigenvalue weighted by Crippen LogP contribution is -2.60. The molecular formula is C14H22N4O2. The van der Waals surface area contributed by atoms with E-state index in [1.54, 1.807) is 10.9 Å². The van der Waals surface area contributed by atoms with Crippen molar-refractivity contribution < 1.29 is 9.59 Å². The van der Waals surface area contributed by atoms with Crippen molar-refractivity contribution >= 4 is 17.5 Å². The van der Waals surface area contributed by atoms with E-state index in [9.17, 15) is 9.59 Å². The fourth-order valence-electron chi connectivity index (χ4n) is 2.26. The molecule has 0 aromatic carbocycles. The van der Waals surface area contributed by atoms with Crippen LogP contribution in [0, 0.1) is 5.92 Å². The standard InChI is InChI=1S/C14H22N4O2/c1-5-10(4)13-14(20)17(8-12(19)16-13)11-6-15-18(7-11)9(2)3/h6-7,9-10,13H,5,8H2,1-4H3,(H,16,19). The molecule has 20 heavy (non-hydrogen) atoms. The number of rotatable bonds is 4. The molecule has 0 radical (unpaired) electrons. The Morgan fingerprint density at radius 1 is 1.40 bits per heavy atom. The quantitative estimate of drug-likeness (QED) is 0.903. The average Bonchev–Trinajstić information content (AvgIpc) is 2.89. The fraction of sp³-hybridized carbons (Fsp3) is 0.643. The van der Waals surface area contributed by atoms with Crippen LogP contribution >= 0.6 is 0 Å². The Balaban J connectivity index is 2.25. The summed E-state index contributed by atoms with van der Waals surface area (Å²) in [5, 5.41) is 7.02. The first-order chi connectivity index (χ1) is 9.43. The smallest absolute Gasteiger partial charge is 0.250 e. The van der Waals surface area contributed by atoms with Crippen molar-refractivity contribution in [1.82, 2.24) is 15.1 Å². The van der Waals surface area contributed by atoms with Gasteiger partial charge in [0.1, 0.15) is 12.6 Å². The zero-order chi connectivity index (χ0) is 14.9. The van der Waals surface area contributed by atoms with Gasteiger partial charge in [-0.15, -0.1) is 0 Å². The first kappa shape index (κ1) is 14.6. The number of nitrogens with zero attached hydrogens (tertiary/aromatic N) is 3. The summed E-state index contributed by atoms with van der Waals surface area (Å²) < 4.78 is 1.79. The first-order valence-electron chi connectivity index (χ1n) is 7.09. The van der Waals surface area contributed by atoms with E-state index >= 15 is 0 Å². The lowest BCUT2D eigenvalue weighted by atomic mass is 9.96. The van der Waals surface area contributed by atoms with Gasteiger partial charge in [0, 0.05) is 12.2 Å². The molecule has 0 saturated carbocycles. The Labute approximate surface area is 119 Å². The van der Waals surface area contributed by atoms with Gasteiger partial charge in [-0.1, -0.05) is 20.3 Å². The van der Waals surface area contributed by atoms with Crippen molar-refractivity contribution in [3.63, 3.8) is 0 Å². The van der Waals surface area contributed by atoms with Gasteiger partial charge < -0.3 is 5.32 Å². The van der Waals surface area contributed by atoms with Crippen molar-refractivity contribution in [2.24, 2.45) is 5.92 Å². The largest absolute Gasteiger partial charge is 0.342 e. The predicted molar refractivity (Wildman–Crippen MR) is 76.4 cm³/mol. The van der Waals surface area contributed by atoms with E-state index in [1.165, 1.54) is 4.90 Å². The third-order valence-corrected chi connectivity index (χ3v) is 3.79. The van der Waals surface area contributed by atoms with Gasteiger partial charge in [0.15, 0.2) is 0 Å². The van der Waals surface area contributed by atoms with Crippen molar-refractivity contribution in [3.8, 4) is 0 Å². The Kier molecular flexibility index (Phi) is 4.11. The lowest BCUT2D eigenvalue weighted by Gasteiger charge is -2.34. The van der Waals surface area contributed by atoms with Gasteiger partial charge >= 0.3 is 0 Å². The highest BCUT2D eigenvalue weighted by Gasteiger charge is 2.36. The van der Waals surface area contributed by atoms with Crippen LogP contribution in [0.15, 0.2) is 12.4 Å². The molecule has 110 valence electrons. The minimum atomic E-state index is -0.441. The molecule has 1 N–H and O–H groups in total. The Hall–Kier alpha value is -1.85. The summed E-state index contributed by atoms with van der Waals surface area (Å²) in [6.45, 7) is 8.09. The van der Waals surface area contributed by atoms with Crippen LogP contribution in [-0.4, -0.2) is 34.2 Å². The maximum Gasteiger partial charge on any atom is 0.250 e. The first-order valence-corrected chi connectivity index (χ1v) is 7.09. The highest BCUT2D eigenvalue weighted by Crippen LogP contribution is 2.21. The van der Waals surface area contributed by atoms with Crippen molar-refractivity contribution in [2.45, 2.75) is 46.2 Å². The summed E-state index contributed by atoms with van der Waals surface area (Å²) in [6, 6.07) is -0.216. The molecule has 0 aliphatic carbocycles. The predicted octanol–water partition coefficient (Wildman–Crippen LogP) is 1.34. The molecule has 2 heterocycles. The molecule has 0 bridgehead atoms. The summed E-state index contributed by atoms with van der Waals surface area (Å²) >= 11 is 0. The molecule has 0 spiro atoms. The molecule has 1 aromatic rings. The second kappa shape index (κ2) is 5.64. The number of carbonyl (C=O) groups is 2. The van der Waals surface area contributed by atoms with Crippen molar-refractivity contribution in [2.75, 3.05) is 11.4 Å². The number of carbonyl (C=O) groups excluding carboxylic acids is 2. The third kappa shape index (κ3) is 2.69. The molecule has 1 saturated heterocycles. The van der Waals surface area contributed by atoms with Gasteiger partial charge in [-0.05, 0) is 19.8 Å². The van der Waals surface area contributed by atoms with Crippen LogP contribution in [0.25, 0.3) is 0 Å². The summed E-state index contributed by atoms with van der Waals surface area (Å²) in [7, 11) is 0. The molecule has 2 atom stereocenters. The molecule has 1 fully saturated rings. The molecular weight excluding hydrogens is 256 g/mol. The zero-order valence-corrected chi connectivity index (χ0v) is 12.5. The molecule has 1 aliphatic rings. The fourth-order valence-corrected chi connectivity index (χ4v) is 2.26. The van der Waals surface area contributed by atoms with Crippen LogP contribution in [0.4, 0.5) is 5.69 Å².